The zero-order valence-electron chi connectivity index (χ0n) is 17.2. The van der Waals surface area contributed by atoms with Crippen LogP contribution < -0.4 is 10.6 Å². The number of ether oxygens (including phenoxy) is 1. The largest absolute Gasteiger partial charge is 0.444 e. The van der Waals surface area contributed by atoms with Gasteiger partial charge < -0.3 is 15.4 Å². The number of alkyl carbamates (subject to hydrolysis) is 1. The van der Waals surface area contributed by atoms with Gasteiger partial charge in [0.2, 0.25) is 5.91 Å². The van der Waals surface area contributed by atoms with Gasteiger partial charge in [0, 0.05) is 18.9 Å². The Morgan fingerprint density at radius 1 is 1.25 bits per heavy atom. The van der Waals surface area contributed by atoms with E-state index in [9.17, 15) is 14.9 Å². The average Bonchev–Trinajstić information content (AvgIpc) is 3.01. The molecule has 1 saturated carbocycles. The van der Waals surface area contributed by atoms with Crippen LogP contribution in [0, 0.1) is 24.2 Å². The second kappa shape index (κ2) is 9.59. The van der Waals surface area contributed by atoms with Crippen molar-refractivity contribution < 1.29 is 14.3 Å². The van der Waals surface area contributed by atoms with Gasteiger partial charge in [0.25, 0.3) is 0 Å². The molecule has 152 valence electrons. The number of nitriles is 1. The van der Waals surface area contributed by atoms with Crippen LogP contribution in [0.2, 0.25) is 0 Å². The van der Waals surface area contributed by atoms with E-state index in [-0.39, 0.29) is 17.9 Å². The Morgan fingerprint density at radius 2 is 1.93 bits per heavy atom. The van der Waals surface area contributed by atoms with E-state index >= 15 is 0 Å². The molecule has 28 heavy (non-hydrogen) atoms. The third-order valence-electron chi connectivity index (χ3n) is 4.79. The molecule has 0 bridgehead atoms. The fraction of sp³-hybridized carbons (Fsp3) is 0.591. The lowest BCUT2D eigenvalue weighted by Gasteiger charge is -2.21. The first-order chi connectivity index (χ1) is 13.1. The van der Waals surface area contributed by atoms with Gasteiger partial charge in [0.15, 0.2) is 0 Å². The molecule has 1 aliphatic rings. The summed E-state index contributed by atoms with van der Waals surface area (Å²) in [5.74, 6) is 0.0974. The molecule has 2 N–H and O–H groups in total. The number of hydrogen-bond donors (Lipinski definition) is 2. The van der Waals surface area contributed by atoms with Crippen LogP contribution in [-0.2, 0) is 16.0 Å². The standard InChI is InChI=1S/C22H31N3O3/c1-15-5-7-16(8-6-15)11-19(14-23)24-20(26)13-17-9-10-18(12-17)25-21(27)28-22(2,3)4/h5-8,17-19H,9-13H2,1-4H3,(H,24,26)(H,25,27)/t17-,18+,19?/m0/s1. The number of nitrogens with one attached hydrogen (secondary N) is 2. The van der Waals surface area contributed by atoms with Crippen LogP contribution in [0.15, 0.2) is 24.3 Å². The summed E-state index contributed by atoms with van der Waals surface area (Å²) in [6, 6.07) is 9.64. The van der Waals surface area contributed by atoms with E-state index in [0.717, 1.165) is 30.4 Å². The van der Waals surface area contributed by atoms with E-state index in [1.165, 1.54) is 0 Å². The molecule has 1 aromatic carbocycles. The van der Waals surface area contributed by atoms with Crippen molar-refractivity contribution >= 4 is 12.0 Å². The lowest BCUT2D eigenvalue weighted by Crippen LogP contribution is -2.38. The second-order valence-electron chi connectivity index (χ2n) is 8.67. The highest BCUT2D eigenvalue weighted by Crippen LogP contribution is 2.28. The summed E-state index contributed by atoms with van der Waals surface area (Å²) in [6.45, 7) is 7.50. The van der Waals surface area contributed by atoms with Crippen LogP contribution >= 0.6 is 0 Å². The Bertz CT molecular complexity index is 716. The molecule has 1 fully saturated rings. The van der Waals surface area contributed by atoms with Crippen molar-refractivity contribution in [1.82, 2.24) is 10.6 Å². The molecule has 6 heteroatoms. The first-order valence-electron chi connectivity index (χ1n) is 9.88. The predicted molar refractivity (Wildman–Crippen MR) is 108 cm³/mol. The zero-order valence-corrected chi connectivity index (χ0v) is 17.2. The maximum Gasteiger partial charge on any atom is 0.407 e. The highest BCUT2D eigenvalue weighted by molar-refractivity contribution is 5.77. The summed E-state index contributed by atoms with van der Waals surface area (Å²) in [5.41, 5.74) is 1.67. The van der Waals surface area contributed by atoms with Crippen molar-refractivity contribution in [2.75, 3.05) is 0 Å². The summed E-state index contributed by atoms with van der Waals surface area (Å²) in [4.78, 5) is 24.2. The van der Waals surface area contributed by atoms with Gasteiger partial charge in [-0.15, -0.1) is 0 Å². The molecular weight excluding hydrogens is 354 g/mol. The fourth-order valence-corrected chi connectivity index (χ4v) is 3.47. The number of nitrogens with zero attached hydrogens (tertiary/aromatic N) is 1. The monoisotopic (exact) mass is 385 g/mol. The van der Waals surface area contributed by atoms with Crippen molar-refractivity contribution in [2.45, 2.75) is 77.5 Å². The van der Waals surface area contributed by atoms with E-state index in [1.807, 2.05) is 52.0 Å². The van der Waals surface area contributed by atoms with E-state index < -0.39 is 17.7 Å². The van der Waals surface area contributed by atoms with Gasteiger partial charge in [0.05, 0.1) is 6.07 Å². The first-order valence-corrected chi connectivity index (χ1v) is 9.88. The van der Waals surface area contributed by atoms with Gasteiger partial charge in [-0.05, 0) is 58.4 Å². The van der Waals surface area contributed by atoms with Crippen molar-refractivity contribution in [3.05, 3.63) is 35.4 Å². The van der Waals surface area contributed by atoms with Crippen LogP contribution in [0.1, 0.15) is 57.6 Å². The average molecular weight is 386 g/mol. The Balaban J connectivity index is 1.76. The molecule has 1 unspecified atom stereocenters. The minimum atomic E-state index is -0.535. The molecule has 1 aromatic rings. The van der Waals surface area contributed by atoms with Gasteiger partial charge in [-0.25, -0.2) is 4.79 Å². The Kier molecular flexibility index (Phi) is 7.45. The van der Waals surface area contributed by atoms with Crippen LogP contribution in [-0.4, -0.2) is 29.7 Å². The number of carbonyl (C=O) groups is 2. The van der Waals surface area contributed by atoms with Crippen LogP contribution in [0.25, 0.3) is 0 Å². The molecule has 0 heterocycles. The van der Waals surface area contributed by atoms with Gasteiger partial charge >= 0.3 is 6.09 Å². The quantitative estimate of drug-likeness (QED) is 0.782. The Hall–Kier alpha value is -2.55. The van der Waals surface area contributed by atoms with Crippen molar-refractivity contribution in [3.63, 3.8) is 0 Å². The molecule has 0 aromatic heterocycles. The summed E-state index contributed by atoms with van der Waals surface area (Å²) in [6.07, 6.45) is 2.92. The van der Waals surface area contributed by atoms with E-state index in [0.29, 0.717) is 12.8 Å². The number of rotatable bonds is 6. The Morgan fingerprint density at radius 3 is 2.54 bits per heavy atom. The molecule has 0 radical (unpaired) electrons. The highest BCUT2D eigenvalue weighted by atomic mass is 16.6. The molecule has 3 atom stereocenters. The van der Waals surface area contributed by atoms with Crippen LogP contribution in [0.4, 0.5) is 4.79 Å². The summed E-state index contributed by atoms with van der Waals surface area (Å²) in [5, 5.41) is 15.1. The summed E-state index contributed by atoms with van der Waals surface area (Å²) >= 11 is 0. The summed E-state index contributed by atoms with van der Waals surface area (Å²) in [7, 11) is 0. The van der Waals surface area contributed by atoms with Crippen molar-refractivity contribution in [2.24, 2.45) is 5.92 Å². The summed E-state index contributed by atoms with van der Waals surface area (Å²) < 4.78 is 5.28. The molecule has 1 aliphatic carbocycles. The number of aryl methyl sites for hydroxylation is 1. The fourth-order valence-electron chi connectivity index (χ4n) is 3.47. The van der Waals surface area contributed by atoms with Crippen LogP contribution in [0.3, 0.4) is 0 Å². The molecular formula is C22H31N3O3. The molecule has 6 nitrogen and oxygen atoms in total. The molecule has 2 amide bonds. The SMILES string of the molecule is Cc1ccc(CC(C#N)NC(=O)C[C@H]2CC[C@@H](NC(=O)OC(C)(C)C)C2)cc1. The number of carbonyl (C=O) groups excluding carboxylic acids is 2. The second-order valence-corrected chi connectivity index (χ2v) is 8.67. The molecule has 0 spiro atoms. The van der Waals surface area contributed by atoms with Crippen molar-refractivity contribution in [1.29, 1.82) is 5.26 Å². The van der Waals surface area contributed by atoms with Crippen LogP contribution in [0.5, 0.6) is 0 Å². The van der Waals surface area contributed by atoms with Gasteiger partial charge in [-0.2, -0.15) is 5.26 Å². The molecule has 0 aliphatic heterocycles. The molecule has 2 rings (SSSR count). The maximum atomic E-state index is 12.4. The van der Waals surface area contributed by atoms with Gasteiger partial charge in [-0.1, -0.05) is 29.8 Å². The van der Waals surface area contributed by atoms with E-state index in [4.69, 9.17) is 4.74 Å². The highest BCUT2D eigenvalue weighted by Gasteiger charge is 2.29. The first kappa shape index (κ1) is 21.7. The Labute approximate surface area is 167 Å². The normalized spacial score (nSPS) is 20.1. The third kappa shape index (κ3) is 7.59. The maximum absolute atomic E-state index is 12.4. The number of amides is 2. The number of hydrogen-bond acceptors (Lipinski definition) is 4. The van der Waals surface area contributed by atoms with E-state index in [1.54, 1.807) is 0 Å². The smallest absolute Gasteiger partial charge is 0.407 e. The van der Waals surface area contributed by atoms with E-state index in [2.05, 4.69) is 16.7 Å². The number of benzene rings is 1. The van der Waals surface area contributed by atoms with Crippen molar-refractivity contribution in [3.8, 4) is 6.07 Å². The minimum absolute atomic E-state index is 0.0342. The predicted octanol–water partition coefficient (Wildman–Crippen LogP) is 3.63. The molecule has 0 saturated heterocycles. The minimum Gasteiger partial charge on any atom is -0.444 e. The van der Waals surface area contributed by atoms with Gasteiger partial charge in [-0.3, -0.25) is 4.79 Å². The lowest BCUT2D eigenvalue weighted by molar-refractivity contribution is -0.122. The van der Waals surface area contributed by atoms with Gasteiger partial charge in [0.1, 0.15) is 11.6 Å². The third-order valence-corrected chi connectivity index (χ3v) is 4.79. The zero-order chi connectivity index (χ0) is 20.7. The lowest BCUT2D eigenvalue weighted by atomic mass is 10.0. The topological polar surface area (TPSA) is 91.2 Å².